The zero-order valence-corrected chi connectivity index (χ0v) is 15.9. The first-order valence-corrected chi connectivity index (χ1v) is 9.07. The molecule has 0 aliphatic rings. The average molecular weight is 377 g/mol. The molecule has 28 heavy (non-hydrogen) atoms. The number of hydrogen-bond donors (Lipinski definition) is 2. The van der Waals surface area contributed by atoms with Gasteiger partial charge in [-0.25, -0.2) is 9.67 Å². The van der Waals surface area contributed by atoms with E-state index in [0.717, 1.165) is 16.8 Å². The van der Waals surface area contributed by atoms with Crippen molar-refractivity contribution in [3.63, 3.8) is 0 Å². The molecule has 0 aliphatic heterocycles. The van der Waals surface area contributed by atoms with Crippen LogP contribution in [0, 0.1) is 6.92 Å². The Bertz CT molecular complexity index is 935. The van der Waals surface area contributed by atoms with Crippen molar-refractivity contribution < 1.29 is 9.59 Å². The Balaban J connectivity index is 1.65. The molecule has 144 valence electrons. The molecule has 1 unspecified atom stereocenters. The molecule has 1 atom stereocenters. The summed E-state index contributed by atoms with van der Waals surface area (Å²) in [6.07, 6.45) is 1.60. The monoisotopic (exact) mass is 377 g/mol. The maximum atomic E-state index is 12.5. The summed E-state index contributed by atoms with van der Waals surface area (Å²) in [5.41, 5.74) is 2.89. The zero-order valence-electron chi connectivity index (χ0n) is 15.9. The molecule has 2 N–H and O–H groups in total. The minimum Gasteiger partial charge on any atom is -0.349 e. The Hall–Kier alpha value is -3.48. The first kappa shape index (κ1) is 19.3. The third kappa shape index (κ3) is 5.03. The van der Waals surface area contributed by atoms with E-state index >= 15 is 0 Å². The number of aromatic nitrogens is 3. The second-order valence-electron chi connectivity index (χ2n) is 6.57. The van der Waals surface area contributed by atoms with Crippen molar-refractivity contribution in [2.75, 3.05) is 0 Å². The van der Waals surface area contributed by atoms with Crippen molar-refractivity contribution in [3.05, 3.63) is 77.9 Å². The van der Waals surface area contributed by atoms with Crippen molar-refractivity contribution in [2.45, 2.75) is 32.9 Å². The summed E-state index contributed by atoms with van der Waals surface area (Å²) in [4.78, 5) is 28.3. The molecule has 0 spiro atoms. The number of carbonyl (C=O) groups is 2. The minimum absolute atomic E-state index is 0.141. The highest BCUT2D eigenvalue weighted by Crippen LogP contribution is 2.18. The molecule has 1 aromatic heterocycles. The van der Waals surface area contributed by atoms with E-state index in [4.69, 9.17) is 0 Å². The Labute approximate surface area is 163 Å². The number of aryl methyl sites for hydroxylation is 1. The molecular weight excluding hydrogens is 354 g/mol. The van der Waals surface area contributed by atoms with Crippen LogP contribution >= 0.6 is 0 Å². The van der Waals surface area contributed by atoms with Crippen molar-refractivity contribution in [3.8, 4) is 5.69 Å². The van der Waals surface area contributed by atoms with E-state index < -0.39 is 0 Å². The van der Waals surface area contributed by atoms with Gasteiger partial charge in [0.15, 0.2) is 5.82 Å². The highest BCUT2D eigenvalue weighted by Gasteiger charge is 2.17. The van der Waals surface area contributed by atoms with Crippen LogP contribution in [0.2, 0.25) is 0 Å². The lowest BCUT2D eigenvalue weighted by Gasteiger charge is -2.18. The Morgan fingerprint density at radius 1 is 1.07 bits per heavy atom. The number of amides is 2. The third-order valence-electron chi connectivity index (χ3n) is 4.31. The van der Waals surface area contributed by atoms with Gasteiger partial charge in [-0.3, -0.25) is 9.59 Å². The van der Waals surface area contributed by atoms with E-state index in [1.807, 2.05) is 61.5 Å². The number of benzene rings is 2. The summed E-state index contributed by atoms with van der Waals surface area (Å²) in [5, 5.41) is 9.93. The van der Waals surface area contributed by atoms with E-state index in [2.05, 4.69) is 20.7 Å². The number of nitrogens with one attached hydrogen (secondary N) is 2. The molecule has 2 aromatic carbocycles. The van der Waals surface area contributed by atoms with Crippen molar-refractivity contribution in [1.29, 1.82) is 0 Å². The summed E-state index contributed by atoms with van der Waals surface area (Å²) in [7, 11) is 0. The molecule has 3 rings (SSSR count). The maximum absolute atomic E-state index is 12.5. The van der Waals surface area contributed by atoms with Gasteiger partial charge in [0.05, 0.1) is 24.7 Å². The van der Waals surface area contributed by atoms with Crippen molar-refractivity contribution in [1.82, 2.24) is 25.4 Å². The standard InChI is InChI=1S/C21H23N5O2/c1-15-8-10-17(11-9-15)19(25-16(2)27)12-21(28)22-13-20-23-14-24-26(20)18-6-4-3-5-7-18/h3-11,14,19H,12-13H2,1-2H3,(H,22,28)(H,25,27). The van der Waals surface area contributed by atoms with Crippen LogP contribution in [-0.4, -0.2) is 26.6 Å². The minimum atomic E-state index is -0.384. The predicted molar refractivity (Wildman–Crippen MR) is 106 cm³/mol. The van der Waals surface area contributed by atoms with Gasteiger partial charge in [-0.15, -0.1) is 0 Å². The Morgan fingerprint density at radius 3 is 2.46 bits per heavy atom. The van der Waals surface area contributed by atoms with Crippen LogP contribution in [0.5, 0.6) is 0 Å². The zero-order chi connectivity index (χ0) is 19.9. The fourth-order valence-corrected chi connectivity index (χ4v) is 2.90. The molecular formula is C21H23N5O2. The van der Waals surface area contributed by atoms with E-state index in [-0.39, 0.29) is 30.8 Å². The average Bonchev–Trinajstić information content (AvgIpc) is 3.15. The number of para-hydroxylation sites is 1. The number of hydrogen-bond acceptors (Lipinski definition) is 4. The van der Waals surface area contributed by atoms with E-state index in [1.54, 1.807) is 4.68 Å². The fraction of sp³-hybridized carbons (Fsp3) is 0.238. The molecule has 3 aromatic rings. The van der Waals surface area contributed by atoms with Gasteiger partial charge < -0.3 is 10.6 Å². The lowest BCUT2D eigenvalue weighted by Crippen LogP contribution is -2.32. The van der Waals surface area contributed by atoms with E-state index in [9.17, 15) is 9.59 Å². The molecule has 0 radical (unpaired) electrons. The predicted octanol–water partition coefficient (Wildman–Crippen LogP) is 2.46. The van der Waals surface area contributed by atoms with Gasteiger partial charge in [0, 0.05) is 6.92 Å². The summed E-state index contributed by atoms with van der Waals surface area (Å²) in [5.74, 6) is 0.273. The topological polar surface area (TPSA) is 88.9 Å². The quantitative estimate of drug-likeness (QED) is 0.662. The maximum Gasteiger partial charge on any atom is 0.222 e. The molecule has 0 aliphatic carbocycles. The van der Waals surface area contributed by atoms with Gasteiger partial charge >= 0.3 is 0 Å². The number of carbonyl (C=O) groups excluding carboxylic acids is 2. The highest BCUT2D eigenvalue weighted by molar-refractivity contribution is 5.79. The smallest absolute Gasteiger partial charge is 0.222 e. The van der Waals surface area contributed by atoms with Gasteiger partial charge in [0.25, 0.3) is 0 Å². The summed E-state index contributed by atoms with van der Waals surface area (Å²) in [6, 6.07) is 17.0. The molecule has 0 saturated carbocycles. The Kier molecular flexibility index (Phi) is 6.16. The van der Waals surface area contributed by atoms with Gasteiger partial charge in [-0.05, 0) is 24.6 Å². The summed E-state index contributed by atoms with van der Waals surface area (Å²) >= 11 is 0. The number of nitrogens with zero attached hydrogens (tertiary/aromatic N) is 3. The summed E-state index contributed by atoms with van der Waals surface area (Å²) < 4.78 is 1.69. The molecule has 2 amide bonds. The van der Waals surface area contributed by atoms with Gasteiger partial charge in [-0.1, -0.05) is 48.0 Å². The van der Waals surface area contributed by atoms with Crippen LogP contribution in [0.25, 0.3) is 5.69 Å². The van der Waals surface area contributed by atoms with Crippen molar-refractivity contribution in [2.24, 2.45) is 0 Å². The first-order valence-electron chi connectivity index (χ1n) is 9.07. The lowest BCUT2D eigenvalue weighted by molar-refractivity contribution is -0.123. The first-order chi connectivity index (χ1) is 13.5. The van der Waals surface area contributed by atoms with Crippen LogP contribution in [-0.2, 0) is 16.1 Å². The number of rotatable bonds is 7. The molecule has 7 nitrogen and oxygen atoms in total. The van der Waals surface area contributed by atoms with Gasteiger partial charge in [-0.2, -0.15) is 5.10 Å². The molecule has 1 heterocycles. The van der Waals surface area contributed by atoms with Crippen LogP contribution in [0.15, 0.2) is 60.9 Å². The van der Waals surface area contributed by atoms with Gasteiger partial charge in [0.2, 0.25) is 11.8 Å². The fourth-order valence-electron chi connectivity index (χ4n) is 2.90. The highest BCUT2D eigenvalue weighted by atomic mass is 16.2. The molecule has 0 saturated heterocycles. The van der Waals surface area contributed by atoms with Crippen LogP contribution in [0.3, 0.4) is 0 Å². The van der Waals surface area contributed by atoms with Gasteiger partial charge in [0.1, 0.15) is 6.33 Å². The van der Waals surface area contributed by atoms with E-state index in [0.29, 0.717) is 5.82 Å². The molecule has 0 bridgehead atoms. The van der Waals surface area contributed by atoms with Crippen LogP contribution in [0.4, 0.5) is 0 Å². The second-order valence-corrected chi connectivity index (χ2v) is 6.57. The molecule has 0 fully saturated rings. The normalized spacial score (nSPS) is 11.6. The second kappa shape index (κ2) is 8.94. The van der Waals surface area contributed by atoms with Crippen molar-refractivity contribution >= 4 is 11.8 Å². The van der Waals surface area contributed by atoms with E-state index in [1.165, 1.54) is 13.3 Å². The molecule has 7 heteroatoms. The van der Waals surface area contributed by atoms with Crippen LogP contribution in [0.1, 0.15) is 36.3 Å². The lowest BCUT2D eigenvalue weighted by atomic mass is 10.0. The third-order valence-corrected chi connectivity index (χ3v) is 4.31. The summed E-state index contributed by atoms with van der Waals surface area (Å²) in [6.45, 7) is 3.68. The largest absolute Gasteiger partial charge is 0.349 e. The Morgan fingerprint density at radius 2 is 1.79 bits per heavy atom. The van der Waals surface area contributed by atoms with Crippen LogP contribution < -0.4 is 10.6 Å². The SMILES string of the molecule is CC(=O)NC(CC(=O)NCc1ncnn1-c1ccccc1)c1ccc(C)cc1.